The van der Waals surface area contributed by atoms with Crippen LogP contribution in [0.25, 0.3) is 0 Å². The summed E-state index contributed by atoms with van der Waals surface area (Å²) in [5.41, 5.74) is 0.320. The summed E-state index contributed by atoms with van der Waals surface area (Å²) in [5, 5.41) is 3.73. The molecule has 4 heteroatoms. The van der Waals surface area contributed by atoms with Crippen LogP contribution in [0.4, 0.5) is 0 Å². The van der Waals surface area contributed by atoms with E-state index in [1.54, 1.807) is 0 Å². The van der Waals surface area contributed by atoms with Crippen molar-refractivity contribution in [2.24, 2.45) is 0 Å². The van der Waals surface area contributed by atoms with Crippen molar-refractivity contribution >= 4 is 9.76 Å². The normalized spacial score (nSPS) is 31.0. The van der Waals surface area contributed by atoms with E-state index in [2.05, 4.69) is 39.9 Å². The summed E-state index contributed by atoms with van der Waals surface area (Å²) >= 11 is 0. The molecule has 2 atom stereocenters. The maximum absolute atomic E-state index is 6.50. The highest BCUT2D eigenvalue weighted by molar-refractivity contribution is 6.27. The first kappa shape index (κ1) is 17.5. The second-order valence-electron chi connectivity index (χ2n) is 8.10. The van der Waals surface area contributed by atoms with Gasteiger partial charge < -0.3 is 14.5 Å². The first-order valence-electron chi connectivity index (χ1n) is 8.63. The molecule has 21 heavy (non-hydrogen) atoms. The highest BCUT2D eigenvalue weighted by atomic mass is 28.2. The van der Waals surface area contributed by atoms with Gasteiger partial charge in [0.15, 0.2) is 0 Å². The average Bonchev–Trinajstić information content (AvgIpc) is 2.35. The Balaban J connectivity index is 1.88. The lowest BCUT2D eigenvalue weighted by atomic mass is 9.81. The molecule has 0 saturated carbocycles. The summed E-state index contributed by atoms with van der Waals surface area (Å²) < 4.78 is 12.4. The third-order valence-corrected chi connectivity index (χ3v) is 5.63. The van der Waals surface area contributed by atoms with Crippen LogP contribution in [0.15, 0.2) is 0 Å². The number of rotatable bonds is 5. The zero-order valence-corrected chi connectivity index (χ0v) is 15.5. The van der Waals surface area contributed by atoms with Crippen molar-refractivity contribution in [3.63, 3.8) is 0 Å². The fraction of sp³-hybridized carbons (Fsp3) is 1.00. The molecule has 0 bridgehead atoms. The molecule has 2 rings (SSSR count). The topological polar surface area (TPSA) is 30.5 Å². The molecule has 2 heterocycles. The van der Waals surface area contributed by atoms with Crippen molar-refractivity contribution in [3.8, 4) is 0 Å². The fourth-order valence-corrected chi connectivity index (χ4v) is 4.93. The first-order chi connectivity index (χ1) is 9.80. The molecule has 2 aliphatic heterocycles. The molecule has 0 aliphatic carbocycles. The molecule has 2 saturated heterocycles. The molecule has 0 spiro atoms. The molecule has 0 aromatic rings. The number of piperidine rings is 1. The molecular formula is C17H33NO2Si. The van der Waals surface area contributed by atoms with Gasteiger partial charge in [0, 0.05) is 17.2 Å². The van der Waals surface area contributed by atoms with Gasteiger partial charge in [-0.15, -0.1) is 0 Å². The van der Waals surface area contributed by atoms with Crippen LogP contribution >= 0.6 is 0 Å². The second kappa shape index (κ2) is 7.11. The van der Waals surface area contributed by atoms with Gasteiger partial charge in [0.05, 0.1) is 12.2 Å². The summed E-state index contributed by atoms with van der Waals surface area (Å²) in [4.78, 5) is 0. The van der Waals surface area contributed by atoms with Gasteiger partial charge in [0.2, 0.25) is 9.76 Å². The van der Waals surface area contributed by atoms with Gasteiger partial charge >= 0.3 is 0 Å². The largest absolute Gasteiger partial charge is 0.414 e. The Labute approximate surface area is 133 Å². The second-order valence-corrected chi connectivity index (χ2v) is 9.13. The fourth-order valence-electron chi connectivity index (χ4n) is 4.01. The lowest BCUT2D eigenvalue weighted by Crippen LogP contribution is -2.60. The minimum atomic E-state index is 0.160. The van der Waals surface area contributed by atoms with Crippen LogP contribution in [0.2, 0.25) is 6.04 Å². The van der Waals surface area contributed by atoms with Crippen LogP contribution in [0.3, 0.4) is 0 Å². The zero-order chi connectivity index (χ0) is 15.5. The molecule has 2 unspecified atom stereocenters. The van der Waals surface area contributed by atoms with Crippen LogP contribution in [0.5, 0.6) is 0 Å². The minimum absolute atomic E-state index is 0.160. The van der Waals surface area contributed by atoms with Crippen molar-refractivity contribution in [2.45, 2.75) is 109 Å². The Bertz CT molecular complexity index is 311. The molecule has 2 fully saturated rings. The van der Waals surface area contributed by atoms with E-state index in [9.17, 15) is 0 Å². The molecule has 0 aromatic carbocycles. The number of hydrogen-bond donors (Lipinski definition) is 1. The van der Waals surface area contributed by atoms with Crippen molar-refractivity contribution in [2.75, 3.05) is 0 Å². The molecular weight excluding hydrogens is 278 g/mol. The third-order valence-electron chi connectivity index (χ3n) is 4.57. The molecule has 0 amide bonds. The van der Waals surface area contributed by atoms with Crippen molar-refractivity contribution in [1.82, 2.24) is 5.32 Å². The van der Waals surface area contributed by atoms with E-state index in [4.69, 9.17) is 9.16 Å². The maximum Gasteiger partial charge on any atom is 0.230 e. The Kier molecular flexibility index (Phi) is 5.91. The van der Waals surface area contributed by atoms with Crippen molar-refractivity contribution in [1.29, 1.82) is 0 Å². The number of hydrogen-bond acceptors (Lipinski definition) is 3. The highest BCUT2D eigenvalue weighted by Crippen LogP contribution is 2.32. The monoisotopic (exact) mass is 311 g/mol. The van der Waals surface area contributed by atoms with Crippen LogP contribution in [0, 0.1) is 0 Å². The summed E-state index contributed by atoms with van der Waals surface area (Å²) in [7, 11) is 0.707. The zero-order valence-electron chi connectivity index (χ0n) is 14.5. The average molecular weight is 312 g/mol. The van der Waals surface area contributed by atoms with Crippen LogP contribution in [-0.4, -0.2) is 39.2 Å². The highest BCUT2D eigenvalue weighted by Gasteiger charge is 2.39. The Morgan fingerprint density at radius 1 is 1.24 bits per heavy atom. The summed E-state index contributed by atoms with van der Waals surface area (Å²) in [5.74, 6) is 0. The van der Waals surface area contributed by atoms with E-state index in [0.29, 0.717) is 28.1 Å². The van der Waals surface area contributed by atoms with Crippen LogP contribution < -0.4 is 5.32 Å². The van der Waals surface area contributed by atoms with E-state index in [1.807, 2.05) is 0 Å². The molecule has 2 radical (unpaired) electrons. The van der Waals surface area contributed by atoms with Gasteiger partial charge in [-0.25, -0.2) is 0 Å². The van der Waals surface area contributed by atoms with E-state index < -0.39 is 0 Å². The lowest BCUT2D eigenvalue weighted by molar-refractivity contribution is -0.0777. The Hall–Kier alpha value is 0.0969. The molecule has 1 N–H and O–H groups in total. The van der Waals surface area contributed by atoms with E-state index in [0.717, 1.165) is 25.7 Å². The first-order valence-corrected chi connectivity index (χ1v) is 9.74. The predicted molar refractivity (Wildman–Crippen MR) is 88.8 cm³/mol. The Morgan fingerprint density at radius 3 is 2.43 bits per heavy atom. The molecule has 0 aromatic heterocycles. The predicted octanol–water partition coefficient (Wildman–Crippen LogP) is 3.70. The van der Waals surface area contributed by atoms with Gasteiger partial charge in [-0.1, -0.05) is 13.3 Å². The van der Waals surface area contributed by atoms with Crippen molar-refractivity contribution in [3.05, 3.63) is 0 Å². The summed E-state index contributed by atoms with van der Waals surface area (Å²) in [6.07, 6.45) is 8.07. The summed E-state index contributed by atoms with van der Waals surface area (Å²) in [6.45, 7) is 11.4. The van der Waals surface area contributed by atoms with Crippen LogP contribution in [0.1, 0.15) is 73.1 Å². The molecule has 122 valence electrons. The maximum atomic E-state index is 6.50. The van der Waals surface area contributed by atoms with E-state index in [-0.39, 0.29) is 11.1 Å². The smallest absolute Gasteiger partial charge is 0.230 e. The van der Waals surface area contributed by atoms with Gasteiger partial charge in [0.1, 0.15) is 0 Å². The lowest BCUT2D eigenvalue weighted by Gasteiger charge is -2.47. The van der Waals surface area contributed by atoms with Gasteiger partial charge in [-0.05, 0) is 65.8 Å². The van der Waals surface area contributed by atoms with Gasteiger partial charge in [0.25, 0.3) is 0 Å². The third kappa shape index (κ3) is 5.66. The number of nitrogens with one attached hydrogen (secondary N) is 1. The Morgan fingerprint density at radius 2 is 1.90 bits per heavy atom. The quantitative estimate of drug-likeness (QED) is 0.785. The van der Waals surface area contributed by atoms with Crippen LogP contribution in [-0.2, 0) is 9.16 Å². The minimum Gasteiger partial charge on any atom is -0.414 e. The van der Waals surface area contributed by atoms with Crippen molar-refractivity contribution < 1.29 is 9.16 Å². The van der Waals surface area contributed by atoms with Gasteiger partial charge in [-0.2, -0.15) is 0 Å². The standard InChI is InChI=1S/C17H33NO2Si/c1-6-13(10-14-8-7-9-21-20-14)19-15-11-16(2,3)18-17(4,5)12-15/h13-15,18H,6-12H2,1-5H3. The SMILES string of the molecule is CCC(CC1CCC[Si]O1)OC1CC(C)(C)NC(C)(C)C1. The van der Waals surface area contributed by atoms with E-state index in [1.165, 1.54) is 18.9 Å². The summed E-state index contributed by atoms with van der Waals surface area (Å²) in [6, 6.07) is 1.25. The van der Waals surface area contributed by atoms with Gasteiger partial charge in [-0.3, -0.25) is 0 Å². The number of ether oxygens (including phenoxy) is 1. The molecule has 3 nitrogen and oxygen atoms in total. The molecule has 2 aliphatic rings. The van der Waals surface area contributed by atoms with E-state index >= 15 is 0 Å².